The molecule has 0 amide bonds. The van der Waals surface area contributed by atoms with E-state index in [0.717, 1.165) is 11.5 Å². The Bertz CT molecular complexity index is 331. The first-order valence-corrected chi connectivity index (χ1v) is 7.14. The molecule has 1 aliphatic heterocycles. The third kappa shape index (κ3) is 2.04. The van der Waals surface area contributed by atoms with Crippen LogP contribution in [0, 0.1) is 5.92 Å². The van der Waals surface area contributed by atoms with Gasteiger partial charge in [0.2, 0.25) is 0 Å². The van der Waals surface area contributed by atoms with Crippen molar-refractivity contribution >= 4 is 26.7 Å². The van der Waals surface area contributed by atoms with E-state index >= 15 is 0 Å². The Kier molecular flexibility index (Phi) is 2.98. The molecular formula is C9H10NO2S2+. The minimum absolute atomic E-state index is 0.0320. The fourth-order valence-corrected chi connectivity index (χ4v) is 5.90. The van der Waals surface area contributed by atoms with E-state index in [4.69, 9.17) is 5.11 Å². The molecule has 1 aliphatic rings. The summed E-state index contributed by atoms with van der Waals surface area (Å²) in [5, 5.41) is 8.85. The van der Waals surface area contributed by atoms with Gasteiger partial charge < -0.3 is 5.11 Å². The SMILES string of the molecule is O=C(O)C1CS[S+](c2cccnc2)C1. The van der Waals surface area contributed by atoms with Crippen LogP contribution < -0.4 is 0 Å². The van der Waals surface area contributed by atoms with Gasteiger partial charge in [0.15, 0.2) is 4.90 Å². The fraction of sp³-hybridized carbons (Fsp3) is 0.333. The lowest BCUT2D eigenvalue weighted by Crippen LogP contribution is -2.17. The Morgan fingerprint density at radius 1 is 1.71 bits per heavy atom. The van der Waals surface area contributed by atoms with Gasteiger partial charge in [0.05, 0.1) is 32.7 Å². The van der Waals surface area contributed by atoms with Gasteiger partial charge in [-0.1, -0.05) is 0 Å². The van der Waals surface area contributed by atoms with E-state index in [1.54, 1.807) is 17.0 Å². The summed E-state index contributed by atoms with van der Waals surface area (Å²) in [6, 6.07) is 3.92. The second kappa shape index (κ2) is 4.23. The molecule has 2 heterocycles. The first kappa shape index (κ1) is 9.86. The molecule has 0 aromatic carbocycles. The van der Waals surface area contributed by atoms with Gasteiger partial charge in [-0.3, -0.25) is 9.78 Å². The molecule has 0 spiro atoms. The Morgan fingerprint density at radius 2 is 2.57 bits per heavy atom. The first-order chi connectivity index (χ1) is 6.77. The number of carboxylic acids is 1. The highest BCUT2D eigenvalue weighted by Crippen LogP contribution is 2.36. The summed E-state index contributed by atoms with van der Waals surface area (Å²) in [4.78, 5) is 16.0. The van der Waals surface area contributed by atoms with Crippen LogP contribution in [0.5, 0.6) is 0 Å². The summed E-state index contributed by atoms with van der Waals surface area (Å²) in [6.07, 6.45) is 3.57. The van der Waals surface area contributed by atoms with E-state index in [1.165, 1.54) is 4.90 Å². The third-order valence-electron chi connectivity index (χ3n) is 2.01. The molecule has 2 atom stereocenters. The van der Waals surface area contributed by atoms with Gasteiger partial charge in [-0.25, -0.2) is 0 Å². The van der Waals surface area contributed by atoms with Crippen LogP contribution in [0.3, 0.4) is 0 Å². The number of carboxylic acid groups (broad SMARTS) is 1. The molecule has 0 aliphatic carbocycles. The number of aromatic nitrogens is 1. The van der Waals surface area contributed by atoms with E-state index in [2.05, 4.69) is 4.98 Å². The Morgan fingerprint density at radius 3 is 3.14 bits per heavy atom. The average Bonchev–Trinajstić information content (AvgIpc) is 2.68. The van der Waals surface area contributed by atoms with Gasteiger partial charge in [-0.2, -0.15) is 0 Å². The number of hydrogen-bond donors (Lipinski definition) is 1. The van der Waals surface area contributed by atoms with Crippen molar-refractivity contribution in [3.8, 4) is 0 Å². The number of pyridine rings is 1. The van der Waals surface area contributed by atoms with Gasteiger partial charge in [0.25, 0.3) is 0 Å². The summed E-state index contributed by atoms with van der Waals surface area (Å²) < 4.78 is 0. The van der Waals surface area contributed by atoms with Gasteiger partial charge in [0, 0.05) is 6.20 Å². The molecule has 1 fully saturated rings. The minimum Gasteiger partial charge on any atom is -0.481 e. The van der Waals surface area contributed by atoms with Crippen molar-refractivity contribution < 1.29 is 9.90 Å². The highest BCUT2D eigenvalue weighted by Gasteiger charge is 2.40. The highest BCUT2D eigenvalue weighted by molar-refractivity contribution is 8.74. The summed E-state index contributed by atoms with van der Waals surface area (Å²) in [5.74, 6) is 0.638. The standard InChI is InChI=1S/C9H9NO2S2/c11-9(12)7-5-13-14(6-7)8-2-1-3-10-4-8/h1-4,7H,5-6H2/p+1. The lowest BCUT2D eigenvalue weighted by molar-refractivity contribution is -0.140. The molecule has 74 valence electrons. The lowest BCUT2D eigenvalue weighted by atomic mass is 10.2. The molecule has 2 unspecified atom stereocenters. The zero-order chi connectivity index (χ0) is 9.97. The Labute approximate surface area is 88.7 Å². The topological polar surface area (TPSA) is 50.2 Å². The number of nitrogens with zero attached hydrogens (tertiary/aromatic N) is 1. The van der Waals surface area contributed by atoms with Crippen LogP contribution in [-0.2, 0) is 14.7 Å². The summed E-state index contributed by atoms with van der Waals surface area (Å²) in [5.41, 5.74) is 0. The number of hydrogen-bond acceptors (Lipinski definition) is 3. The number of rotatable bonds is 2. The largest absolute Gasteiger partial charge is 0.481 e. The fourth-order valence-electron chi connectivity index (χ4n) is 1.23. The lowest BCUT2D eigenvalue weighted by Gasteiger charge is -1.97. The van der Waals surface area contributed by atoms with E-state index in [9.17, 15) is 4.79 Å². The van der Waals surface area contributed by atoms with Crippen LogP contribution in [-0.4, -0.2) is 27.6 Å². The van der Waals surface area contributed by atoms with E-state index in [1.807, 2.05) is 18.3 Å². The van der Waals surface area contributed by atoms with Gasteiger partial charge in [-0.05, 0) is 12.1 Å². The maximum absolute atomic E-state index is 10.8. The van der Waals surface area contributed by atoms with E-state index in [-0.39, 0.29) is 15.8 Å². The van der Waals surface area contributed by atoms with Crippen molar-refractivity contribution in [2.24, 2.45) is 5.92 Å². The Balaban J connectivity index is 2.06. The predicted molar refractivity (Wildman–Crippen MR) is 58.3 cm³/mol. The van der Waals surface area contributed by atoms with E-state index in [0.29, 0.717) is 0 Å². The van der Waals surface area contributed by atoms with Crippen LogP contribution in [0.1, 0.15) is 0 Å². The molecule has 0 bridgehead atoms. The molecule has 14 heavy (non-hydrogen) atoms. The van der Waals surface area contributed by atoms with Crippen LogP contribution in [0.15, 0.2) is 29.4 Å². The molecule has 0 radical (unpaired) electrons. The predicted octanol–water partition coefficient (Wildman–Crippen LogP) is 1.42. The summed E-state index contributed by atoms with van der Waals surface area (Å²) in [6.45, 7) is 0. The smallest absolute Gasteiger partial charge is 0.312 e. The molecule has 1 N–H and O–H groups in total. The molecule has 0 saturated carbocycles. The van der Waals surface area contributed by atoms with Gasteiger partial charge >= 0.3 is 5.97 Å². The quantitative estimate of drug-likeness (QED) is 0.614. The zero-order valence-electron chi connectivity index (χ0n) is 7.42. The molecule has 1 aromatic rings. The molecule has 1 saturated heterocycles. The molecule has 2 rings (SSSR count). The molecule has 3 nitrogen and oxygen atoms in total. The van der Waals surface area contributed by atoms with Crippen LogP contribution in [0.25, 0.3) is 0 Å². The van der Waals surface area contributed by atoms with Crippen molar-refractivity contribution in [1.82, 2.24) is 4.98 Å². The van der Waals surface area contributed by atoms with E-state index < -0.39 is 5.97 Å². The normalized spacial score (nSPS) is 26.3. The van der Waals surface area contributed by atoms with Crippen molar-refractivity contribution in [3.05, 3.63) is 24.5 Å². The number of carbonyl (C=O) groups is 1. The monoisotopic (exact) mass is 228 g/mol. The Hall–Kier alpha value is -0.680. The van der Waals surface area contributed by atoms with Gasteiger partial charge in [0.1, 0.15) is 11.7 Å². The van der Waals surface area contributed by atoms with Crippen LogP contribution in [0.2, 0.25) is 0 Å². The highest BCUT2D eigenvalue weighted by atomic mass is 33.1. The maximum atomic E-state index is 10.8. The third-order valence-corrected chi connectivity index (χ3v) is 6.55. The summed E-state index contributed by atoms with van der Waals surface area (Å²) >= 11 is 0. The van der Waals surface area contributed by atoms with Crippen molar-refractivity contribution in [2.45, 2.75) is 4.90 Å². The van der Waals surface area contributed by atoms with Crippen LogP contribution in [0.4, 0.5) is 0 Å². The van der Waals surface area contributed by atoms with Crippen LogP contribution >= 0.6 is 10.8 Å². The number of aliphatic carboxylic acids is 1. The zero-order valence-corrected chi connectivity index (χ0v) is 9.05. The first-order valence-electron chi connectivity index (χ1n) is 4.24. The maximum Gasteiger partial charge on any atom is 0.312 e. The summed E-state index contributed by atoms with van der Waals surface area (Å²) in [7, 11) is 1.77. The van der Waals surface area contributed by atoms with Crippen molar-refractivity contribution in [1.29, 1.82) is 0 Å². The van der Waals surface area contributed by atoms with Crippen molar-refractivity contribution in [2.75, 3.05) is 11.5 Å². The van der Waals surface area contributed by atoms with Gasteiger partial charge in [-0.15, -0.1) is 0 Å². The molecule has 1 aromatic heterocycles. The second-order valence-electron chi connectivity index (χ2n) is 3.02. The molecule has 5 heteroatoms. The average molecular weight is 228 g/mol. The molecular weight excluding hydrogens is 218 g/mol. The van der Waals surface area contributed by atoms with Crippen molar-refractivity contribution in [3.63, 3.8) is 0 Å². The minimum atomic E-state index is -0.670. The second-order valence-corrected chi connectivity index (χ2v) is 7.00.